The Hall–Kier alpha value is -2.60. The largest absolute Gasteiger partial charge is 0.416 e. The van der Waals surface area contributed by atoms with Crippen LogP contribution in [-0.2, 0) is 12.6 Å². The molecule has 27 heavy (non-hydrogen) atoms. The highest BCUT2D eigenvalue weighted by atomic mass is 35.5. The predicted molar refractivity (Wildman–Crippen MR) is 97.2 cm³/mol. The van der Waals surface area contributed by atoms with Crippen molar-refractivity contribution < 1.29 is 17.6 Å². The number of benzene rings is 2. The minimum Gasteiger partial charge on any atom is -0.363 e. The van der Waals surface area contributed by atoms with Crippen molar-refractivity contribution >= 4 is 17.4 Å². The second kappa shape index (κ2) is 7.96. The maximum absolute atomic E-state index is 13.9. The van der Waals surface area contributed by atoms with E-state index in [0.29, 0.717) is 23.3 Å². The number of pyridine rings is 1. The molecule has 0 aliphatic rings. The second-order valence-corrected chi connectivity index (χ2v) is 6.46. The number of anilines is 1. The fraction of sp³-hybridized carbons (Fsp3) is 0.150. The third kappa shape index (κ3) is 5.20. The highest BCUT2D eigenvalue weighted by Crippen LogP contribution is 2.33. The molecule has 0 radical (unpaired) electrons. The lowest BCUT2D eigenvalue weighted by Gasteiger charge is -2.21. The van der Waals surface area contributed by atoms with Crippen molar-refractivity contribution in [1.82, 2.24) is 4.98 Å². The molecule has 2 aromatic carbocycles. The molecule has 140 valence electrons. The van der Waals surface area contributed by atoms with Crippen LogP contribution >= 0.6 is 11.6 Å². The van der Waals surface area contributed by atoms with Crippen LogP contribution in [0.4, 0.5) is 23.4 Å². The lowest BCUT2D eigenvalue weighted by molar-refractivity contribution is -0.137. The van der Waals surface area contributed by atoms with Gasteiger partial charge in [-0.15, -0.1) is 0 Å². The molecule has 0 aliphatic carbocycles. The summed E-state index contributed by atoms with van der Waals surface area (Å²) in [4.78, 5) is 4.12. The summed E-state index contributed by atoms with van der Waals surface area (Å²) in [6.45, 7) is 0. The van der Waals surface area contributed by atoms with Crippen LogP contribution in [0.3, 0.4) is 0 Å². The average Bonchev–Trinajstić information content (AvgIpc) is 2.62. The van der Waals surface area contributed by atoms with E-state index in [0.717, 1.165) is 17.7 Å². The van der Waals surface area contributed by atoms with Gasteiger partial charge in [-0.3, -0.25) is 0 Å². The first-order valence-electron chi connectivity index (χ1n) is 8.11. The quantitative estimate of drug-likeness (QED) is 0.514. The molecule has 0 amide bonds. The van der Waals surface area contributed by atoms with E-state index in [9.17, 15) is 17.6 Å². The van der Waals surface area contributed by atoms with E-state index < -0.39 is 23.6 Å². The summed E-state index contributed by atoms with van der Waals surface area (Å²) < 4.78 is 53.2. The van der Waals surface area contributed by atoms with E-state index in [1.165, 1.54) is 6.20 Å². The van der Waals surface area contributed by atoms with Gasteiger partial charge in [-0.2, -0.15) is 13.2 Å². The van der Waals surface area contributed by atoms with Gasteiger partial charge in [-0.1, -0.05) is 41.9 Å². The standard InChI is InChI=1S/C20H15ClF4N2/c21-16-6-7-19(26-12-16)27-18(8-13-4-2-1-3-5-13)14-9-15(20(23,24)25)11-17(22)10-14/h1-7,9-12,18H,8H2,(H,26,27). The van der Waals surface area contributed by atoms with Gasteiger partial charge in [0.2, 0.25) is 0 Å². The van der Waals surface area contributed by atoms with E-state index in [-0.39, 0.29) is 5.56 Å². The number of hydrogen-bond acceptors (Lipinski definition) is 2. The van der Waals surface area contributed by atoms with Crippen LogP contribution < -0.4 is 5.32 Å². The summed E-state index contributed by atoms with van der Waals surface area (Å²) in [5.41, 5.74) is 0.0474. The molecular formula is C20H15ClF4N2. The van der Waals surface area contributed by atoms with Gasteiger partial charge in [-0.05, 0) is 47.9 Å². The molecule has 1 atom stereocenters. The molecule has 3 rings (SSSR count). The van der Waals surface area contributed by atoms with Gasteiger partial charge in [0.05, 0.1) is 16.6 Å². The highest BCUT2D eigenvalue weighted by Gasteiger charge is 2.32. The van der Waals surface area contributed by atoms with E-state index in [1.807, 2.05) is 30.3 Å². The summed E-state index contributed by atoms with van der Waals surface area (Å²) >= 11 is 5.82. The zero-order valence-electron chi connectivity index (χ0n) is 14.0. The maximum atomic E-state index is 13.9. The maximum Gasteiger partial charge on any atom is 0.416 e. The van der Waals surface area contributed by atoms with Gasteiger partial charge in [0.25, 0.3) is 0 Å². The van der Waals surface area contributed by atoms with E-state index in [2.05, 4.69) is 10.3 Å². The number of alkyl halides is 3. The Morgan fingerprint density at radius 1 is 1.00 bits per heavy atom. The topological polar surface area (TPSA) is 24.9 Å². The van der Waals surface area contributed by atoms with Gasteiger partial charge in [0.1, 0.15) is 11.6 Å². The highest BCUT2D eigenvalue weighted by molar-refractivity contribution is 6.30. The Kier molecular flexibility index (Phi) is 5.65. The van der Waals surface area contributed by atoms with Crippen LogP contribution in [0.25, 0.3) is 0 Å². The molecule has 1 unspecified atom stereocenters. The average molecular weight is 395 g/mol. The number of hydrogen-bond donors (Lipinski definition) is 1. The fourth-order valence-corrected chi connectivity index (χ4v) is 2.83. The van der Waals surface area contributed by atoms with Crippen LogP contribution in [0.15, 0.2) is 66.9 Å². The Bertz CT molecular complexity index is 896. The van der Waals surface area contributed by atoms with Gasteiger partial charge in [0.15, 0.2) is 0 Å². The number of halogens is 5. The molecule has 0 fully saturated rings. The van der Waals surface area contributed by atoms with Crippen LogP contribution in [0, 0.1) is 5.82 Å². The molecule has 0 saturated heterocycles. The van der Waals surface area contributed by atoms with Gasteiger partial charge in [0, 0.05) is 6.20 Å². The van der Waals surface area contributed by atoms with Crippen molar-refractivity contribution in [3.63, 3.8) is 0 Å². The zero-order chi connectivity index (χ0) is 19.4. The number of rotatable bonds is 5. The second-order valence-electron chi connectivity index (χ2n) is 6.02. The molecule has 0 aliphatic heterocycles. The summed E-state index contributed by atoms with van der Waals surface area (Å²) in [5.74, 6) is -0.512. The van der Waals surface area contributed by atoms with Crippen molar-refractivity contribution in [3.05, 3.63) is 94.4 Å². The lowest BCUT2D eigenvalue weighted by Crippen LogP contribution is -2.16. The summed E-state index contributed by atoms with van der Waals surface area (Å²) in [7, 11) is 0. The third-order valence-corrected chi connectivity index (χ3v) is 4.21. The molecule has 0 spiro atoms. The summed E-state index contributed by atoms with van der Waals surface area (Å²) in [5, 5.41) is 3.51. The SMILES string of the molecule is Fc1cc(C(Cc2ccccc2)Nc2ccc(Cl)cn2)cc(C(F)(F)F)c1. The van der Waals surface area contributed by atoms with Crippen molar-refractivity contribution in [2.24, 2.45) is 0 Å². The zero-order valence-corrected chi connectivity index (χ0v) is 14.7. The Balaban J connectivity index is 1.98. The van der Waals surface area contributed by atoms with Gasteiger partial charge >= 0.3 is 6.18 Å². The van der Waals surface area contributed by atoms with E-state index >= 15 is 0 Å². The van der Waals surface area contributed by atoms with Crippen molar-refractivity contribution in [1.29, 1.82) is 0 Å². The third-order valence-electron chi connectivity index (χ3n) is 3.98. The van der Waals surface area contributed by atoms with Crippen LogP contribution in [0.2, 0.25) is 5.02 Å². The lowest BCUT2D eigenvalue weighted by atomic mass is 9.97. The monoisotopic (exact) mass is 394 g/mol. The molecule has 7 heteroatoms. The predicted octanol–water partition coefficient (Wildman–Crippen LogP) is 6.29. The molecule has 1 N–H and O–H groups in total. The molecular weight excluding hydrogens is 380 g/mol. The first-order valence-corrected chi connectivity index (χ1v) is 8.49. The molecule has 0 saturated carbocycles. The Morgan fingerprint density at radius 3 is 2.37 bits per heavy atom. The minimum absolute atomic E-state index is 0.183. The summed E-state index contributed by atoms with van der Waals surface area (Å²) in [6.07, 6.45) is -2.85. The molecule has 2 nitrogen and oxygen atoms in total. The molecule has 1 aromatic heterocycles. The van der Waals surface area contributed by atoms with Crippen LogP contribution in [0.1, 0.15) is 22.7 Å². The van der Waals surface area contributed by atoms with Crippen LogP contribution in [-0.4, -0.2) is 4.98 Å². The van der Waals surface area contributed by atoms with E-state index in [4.69, 9.17) is 11.6 Å². The molecule has 3 aromatic rings. The smallest absolute Gasteiger partial charge is 0.363 e. The summed E-state index contributed by atoms with van der Waals surface area (Å²) in [6, 6.07) is 14.4. The minimum atomic E-state index is -4.63. The van der Waals surface area contributed by atoms with Crippen LogP contribution in [0.5, 0.6) is 0 Å². The molecule has 0 bridgehead atoms. The first-order chi connectivity index (χ1) is 12.8. The van der Waals surface area contributed by atoms with E-state index in [1.54, 1.807) is 12.1 Å². The van der Waals surface area contributed by atoms with Crippen molar-refractivity contribution in [3.8, 4) is 0 Å². The normalized spacial score (nSPS) is 12.6. The van der Waals surface area contributed by atoms with Crippen molar-refractivity contribution in [2.45, 2.75) is 18.6 Å². The molecule has 1 heterocycles. The van der Waals surface area contributed by atoms with Gasteiger partial charge in [-0.25, -0.2) is 9.37 Å². The Labute approximate surface area is 158 Å². The van der Waals surface area contributed by atoms with Gasteiger partial charge < -0.3 is 5.32 Å². The Morgan fingerprint density at radius 2 is 1.74 bits per heavy atom. The fourth-order valence-electron chi connectivity index (χ4n) is 2.72. The first kappa shape index (κ1) is 19.2. The van der Waals surface area contributed by atoms with Crippen molar-refractivity contribution in [2.75, 3.05) is 5.32 Å². The number of nitrogens with one attached hydrogen (secondary N) is 1. The number of nitrogens with zero attached hydrogens (tertiary/aromatic N) is 1. The number of aromatic nitrogens is 1.